The summed E-state index contributed by atoms with van der Waals surface area (Å²) in [5.74, 6) is -0.139. The maximum absolute atomic E-state index is 12.7. The lowest BCUT2D eigenvalue weighted by Crippen LogP contribution is -2.50. The van der Waals surface area contributed by atoms with Crippen LogP contribution in [0.15, 0.2) is 48.5 Å². The average molecular weight is 340 g/mol. The Morgan fingerprint density at radius 1 is 1.24 bits per heavy atom. The van der Waals surface area contributed by atoms with Gasteiger partial charge in [0.1, 0.15) is 0 Å². The zero-order chi connectivity index (χ0) is 17.9. The van der Waals surface area contributed by atoms with Crippen LogP contribution in [0.25, 0.3) is 0 Å². The highest BCUT2D eigenvalue weighted by Gasteiger charge is 2.40. The van der Waals surface area contributed by atoms with Gasteiger partial charge in [-0.25, -0.2) is 0 Å². The van der Waals surface area contributed by atoms with Gasteiger partial charge in [-0.15, -0.1) is 0 Å². The van der Waals surface area contributed by atoms with Crippen LogP contribution < -0.4 is 10.1 Å². The molecule has 6 nitrogen and oxygen atoms in total. The van der Waals surface area contributed by atoms with Crippen molar-refractivity contribution in [3.63, 3.8) is 0 Å². The molecule has 0 aliphatic heterocycles. The molecule has 130 valence electrons. The Morgan fingerprint density at radius 3 is 2.52 bits per heavy atom. The maximum atomic E-state index is 12.7. The van der Waals surface area contributed by atoms with Gasteiger partial charge in [-0.1, -0.05) is 30.3 Å². The van der Waals surface area contributed by atoms with Crippen LogP contribution in [0.1, 0.15) is 42.1 Å². The number of carbonyl (C=O) groups is 1. The monoisotopic (exact) mass is 340 g/mol. The number of benzene rings is 2. The number of nitro benzene ring substituents is 1. The molecule has 0 spiro atoms. The molecule has 2 aromatic rings. The van der Waals surface area contributed by atoms with Gasteiger partial charge < -0.3 is 10.1 Å². The van der Waals surface area contributed by atoms with Crippen LogP contribution in [0.5, 0.6) is 5.75 Å². The summed E-state index contributed by atoms with van der Waals surface area (Å²) in [4.78, 5) is 23.4. The summed E-state index contributed by atoms with van der Waals surface area (Å²) in [5, 5.41) is 14.3. The normalized spacial score (nSPS) is 15.1. The van der Waals surface area contributed by atoms with Gasteiger partial charge >= 0.3 is 5.69 Å². The second-order valence-corrected chi connectivity index (χ2v) is 6.13. The molecule has 1 amide bonds. The molecule has 0 unspecified atom stereocenters. The van der Waals surface area contributed by atoms with Gasteiger partial charge in [-0.2, -0.15) is 0 Å². The summed E-state index contributed by atoms with van der Waals surface area (Å²) in [6, 6.07) is 14.1. The van der Waals surface area contributed by atoms with Crippen molar-refractivity contribution in [2.24, 2.45) is 0 Å². The van der Waals surface area contributed by atoms with Crippen molar-refractivity contribution in [2.45, 2.75) is 31.7 Å². The van der Waals surface area contributed by atoms with E-state index in [0.29, 0.717) is 6.61 Å². The van der Waals surface area contributed by atoms with E-state index in [1.165, 1.54) is 12.1 Å². The van der Waals surface area contributed by atoms with E-state index >= 15 is 0 Å². The highest BCUT2D eigenvalue weighted by Crippen LogP contribution is 2.41. The van der Waals surface area contributed by atoms with Crippen molar-refractivity contribution in [3.05, 3.63) is 69.8 Å². The lowest BCUT2D eigenvalue weighted by Gasteiger charge is -2.43. The van der Waals surface area contributed by atoms with Crippen LogP contribution in [-0.2, 0) is 5.54 Å². The highest BCUT2D eigenvalue weighted by molar-refractivity contribution is 5.95. The molecule has 0 bridgehead atoms. The lowest BCUT2D eigenvalue weighted by molar-refractivity contribution is -0.385. The molecule has 0 atom stereocenters. The van der Waals surface area contributed by atoms with Gasteiger partial charge in [-0.05, 0) is 43.9 Å². The summed E-state index contributed by atoms with van der Waals surface area (Å²) in [6.07, 6.45) is 2.77. The Balaban J connectivity index is 1.86. The number of carbonyl (C=O) groups excluding carboxylic acids is 1. The van der Waals surface area contributed by atoms with Crippen LogP contribution in [0, 0.1) is 10.1 Å². The van der Waals surface area contributed by atoms with E-state index in [1.807, 2.05) is 30.3 Å². The number of nitrogens with zero attached hydrogens (tertiary/aromatic N) is 1. The van der Waals surface area contributed by atoms with E-state index in [4.69, 9.17) is 4.74 Å². The summed E-state index contributed by atoms with van der Waals surface area (Å²) in [7, 11) is 0. The summed E-state index contributed by atoms with van der Waals surface area (Å²) < 4.78 is 5.26. The van der Waals surface area contributed by atoms with Crippen molar-refractivity contribution < 1.29 is 14.5 Å². The molecule has 25 heavy (non-hydrogen) atoms. The molecule has 2 aromatic carbocycles. The number of ether oxygens (including phenoxy) is 1. The zero-order valence-corrected chi connectivity index (χ0v) is 14.0. The second-order valence-electron chi connectivity index (χ2n) is 6.13. The van der Waals surface area contributed by atoms with Crippen LogP contribution in [-0.4, -0.2) is 17.4 Å². The average Bonchev–Trinajstić information content (AvgIpc) is 2.59. The van der Waals surface area contributed by atoms with Crippen LogP contribution >= 0.6 is 0 Å². The molecule has 1 saturated carbocycles. The third-order valence-electron chi connectivity index (χ3n) is 4.60. The maximum Gasteiger partial charge on any atom is 0.311 e. The van der Waals surface area contributed by atoms with E-state index in [2.05, 4.69) is 5.32 Å². The number of nitrogens with one attached hydrogen (secondary N) is 1. The predicted octanol–water partition coefficient (Wildman–Crippen LogP) is 3.80. The fraction of sp³-hybridized carbons (Fsp3) is 0.316. The number of rotatable bonds is 6. The molecule has 0 aromatic heterocycles. The van der Waals surface area contributed by atoms with Crippen molar-refractivity contribution in [2.75, 3.05) is 6.61 Å². The topological polar surface area (TPSA) is 81.5 Å². The number of hydrogen-bond donors (Lipinski definition) is 1. The molecule has 6 heteroatoms. The fourth-order valence-corrected chi connectivity index (χ4v) is 3.14. The van der Waals surface area contributed by atoms with Crippen LogP contribution in [0.3, 0.4) is 0 Å². The van der Waals surface area contributed by atoms with Crippen LogP contribution in [0.2, 0.25) is 0 Å². The molecule has 0 saturated heterocycles. The zero-order valence-electron chi connectivity index (χ0n) is 14.0. The number of hydrogen-bond acceptors (Lipinski definition) is 4. The smallest absolute Gasteiger partial charge is 0.311 e. The summed E-state index contributed by atoms with van der Waals surface area (Å²) in [5.41, 5.74) is 0.746. The molecule has 1 aliphatic rings. The van der Waals surface area contributed by atoms with Gasteiger partial charge in [0.2, 0.25) is 0 Å². The summed E-state index contributed by atoms with van der Waals surface area (Å²) >= 11 is 0. The van der Waals surface area contributed by atoms with Gasteiger partial charge in [0.25, 0.3) is 5.91 Å². The van der Waals surface area contributed by atoms with Crippen LogP contribution in [0.4, 0.5) is 5.69 Å². The van der Waals surface area contributed by atoms with E-state index in [9.17, 15) is 14.9 Å². The third kappa shape index (κ3) is 3.33. The molecular weight excluding hydrogens is 320 g/mol. The van der Waals surface area contributed by atoms with Crippen molar-refractivity contribution >= 4 is 11.6 Å². The molecule has 0 heterocycles. The van der Waals surface area contributed by atoms with Crippen molar-refractivity contribution in [1.29, 1.82) is 0 Å². The standard InChI is InChI=1S/C19H20N2O4/c1-2-25-17-10-9-14(13-16(17)21(23)24)18(22)20-19(11-6-12-19)15-7-4-3-5-8-15/h3-5,7-10,13H,2,6,11-12H2,1H3,(H,20,22). The Labute approximate surface area is 146 Å². The SMILES string of the molecule is CCOc1ccc(C(=O)NC2(c3ccccc3)CCC2)cc1[N+](=O)[O-]. The Bertz CT molecular complexity index is 785. The predicted molar refractivity (Wildman–Crippen MR) is 93.7 cm³/mol. The first-order valence-corrected chi connectivity index (χ1v) is 8.35. The first-order valence-electron chi connectivity index (χ1n) is 8.35. The Morgan fingerprint density at radius 2 is 1.96 bits per heavy atom. The lowest BCUT2D eigenvalue weighted by atomic mass is 9.71. The highest BCUT2D eigenvalue weighted by atomic mass is 16.6. The van der Waals surface area contributed by atoms with E-state index in [0.717, 1.165) is 24.8 Å². The summed E-state index contributed by atoms with van der Waals surface area (Å²) in [6.45, 7) is 2.08. The Kier molecular flexibility index (Phi) is 4.70. The minimum atomic E-state index is -0.530. The van der Waals surface area contributed by atoms with Gasteiger partial charge in [0, 0.05) is 11.6 Å². The van der Waals surface area contributed by atoms with Crippen molar-refractivity contribution in [3.8, 4) is 5.75 Å². The molecule has 0 radical (unpaired) electrons. The first-order chi connectivity index (χ1) is 12.1. The van der Waals surface area contributed by atoms with Gasteiger partial charge in [0.15, 0.2) is 5.75 Å². The third-order valence-corrected chi connectivity index (χ3v) is 4.60. The quantitative estimate of drug-likeness (QED) is 0.640. The fourth-order valence-electron chi connectivity index (χ4n) is 3.14. The number of nitro groups is 1. The molecule has 1 aliphatic carbocycles. The van der Waals surface area contributed by atoms with E-state index < -0.39 is 4.92 Å². The molecule has 3 rings (SSSR count). The second kappa shape index (κ2) is 6.93. The van der Waals surface area contributed by atoms with Gasteiger partial charge in [0.05, 0.1) is 17.1 Å². The molecular formula is C19H20N2O4. The van der Waals surface area contributed by atoms with E-state index in [1.54, 1.807) is 13.0 Å². The van der Waals surface area contributed by atoms with E-state index in [-0.39, 0.29) is 28.4 Å². The first kappa shape index (κ1) is 17.0. The Hall–Kier alpha value is -2.89. The van der Waals surface area contributed by atoms with Crippen molar-refractivity contribution in [1.82, 2.24) is 5.32 Å². The molecule has 1 N–H and O–H groups in total. The number of amides is 1. The van der Waals surface area contributed by atoms with Gasteiger partial charge in [-0.3, -0.25) is 14.9 Å². The molecule has 1 fully saturated rings. The minimum absolute atomic E-state index is 0.172. The minimum Gasteiger partial charge on any atom is -0.487 e. The largest absolute Gasteiger partial charge is 0.487 e.